The van der Waals surface area contributed by atoms with Crippen molar-refractivity contribution in [2.75, 3.05) is 0 Å². The van der Waals surface area contributed by atoms with Gasteiger partial charge in [-0.25, -0.2) is 0 Å². The van der Waals surface area contributed by atoms with Crippen molar-refractivity contribution >= 4 is 22.9 Å². The van der Waals surface area contributed by atoms with Gasteiger partial charge in [0.2, 0.25) is 11.6 Å². The summed E-state index contributed by atoms with van der Waals surface area (Å²) >= 11 is 0. The first kappa shape index (κ1) is 21.8. The third kappa shape index (κ3) is 3.39. The van der Waals surface area contributed by atoms with Crippen LogP contribution in [0.1, 0.15) is 94.3 Å². The predicted octanol–water partition coefficient (Wildman–Crippen LogP) is 5.66. The fourth-order valence-electron chi connectivity index (χ4n) is 5.34. The SMILES string of the molecule is CCCC1CCC(c2ccc3c(c2[N+](=O)[O-])C(=O)c2ccc(C)c([N+](=O)[O-])c2C3=O)CC1. The summed E-state index contributed by atoms with van der Waals surface area (Å²) in [7, 11) is 0. The second kappa shape index (κ2) is 8.26. The molecule has 166 valence electrons. The van der Waals surface area contributed by atoms with E-state index < -0.39 is 27.1 Å². The van der Waals surface area contributed by atoms with Gasteiger partial charge in [0.1, 0.15) is 11.1 Å². The zero-order valence-corrected chi connectivity index (χ0v) is 18.1. The van der Waals surface area contributed by atoms with Gasteiger partial charge in [-0.2, -0.15) is 0 Å². The third-order valence-corrected chi connectivity index (χ3v) is 6.88. The summed E-state index contributed by atoms with van der Waals surface area (Å²) in [5, 5.41) is 23.7. The third-order valence-electron chi connectivity index (χ3n) is 6.88. The lowest BCUT2D eigenvalue weighted by Gasteiger charge is -2.29. The molecular weight excluding hydrogens is 412 g/mol. The smallest absolute Gasteiger partial charge is 0.284 e. The summed E-state index contributed by atoms with van der Waals surface area (Å²) in [6.07, 6.45) is 5.81. The number of carbonyl (C=O) groups excluding carboxylic acids is 2. The molecule has 0 aliphatic heterocycles. The number of benzene rings is 2. The van der Waals surface area contributed by atoms with Crippen molar-refractivity contribution in [2.24, 2.45) is 5.92 Å². The topological polar surface area (TPSA) is 120 Å². The number of aryl methyl sites for hydroxylation is 1. The fourth-order valence-corrected chi connectivity index (χ4v) is 5.34. The number of nitro benzene ring substituents is 2. The summed E-state index contributed by atoms with van der Waals surface area (Å²) in [6, 6.07) is 5.76. The molecular formula is C24H24N2O6. The van der Waals surface area contributed by atoms with Crippen LogP contribution in [0.15, 0.2) is 24.3 Å². The van der Waals surface area contributed by atoms with Crippen LogP contribution in [0.2, 0.25) is 0 Å². The molecule has 2 aliphatic carbocycles. The molecule has 4 rings (SSSR count). The molecule has 0 atom stereocenters. The summed E-state index contributed by atoms with van der Waals surface area (Å²) in [5.74, 6) is -0.852. The van der Waals surface area contributed by atoms with Gasteiger partial charge < -0.3 is 0 Å². The lowest BCUT2D eigenvalue weighted by Crippen LogP contribution is -2.25. The number of hydrogen-bond acceptors (Lipinski definition) is 6. The first-order valence-corrected chi connectivity index (χ1v) is 10.9. The van der Waals surface area contributed by atoms with Gasteiger partial charge in [0, 0.05) is 22.3 Å². The van der Waals surface area contributed by atoms with Crippen molar-refractivity contribution in [2.45, 2.75) is 58.3 Å². The summed E-state index contributed by atoms with van der Waals surface area (Å²) in [4.78, 5) is 49.1. The molecule has 8 heteroatoms. The van der Waals surface area contributed by atoms with Crippen LogP contribution in [-0.4, -0.2) is 21.4 Å². The molecule has 1 fully saturated rings. The summed E-state index contributed by atoms with van der Waals surface area (Å²) in [6.45, 7) is 3.64. The van der Waals surface area contributed by atoms with Crippen molar-refractivity contribution in [3.8, 4) is 0 Å². The van der Waals surface area contributed by atoms with E-state index in [0.717, 1.165) is 38.5 Å². The lowest BCUT2D eigenvalue weighted by atomic mass is 9.74. The monoisotopic (exact) mass is 436 g/mol. The number of nitrogens with zero attached hydrogens (tertiary/aromatic N) is 2. The average molecular weight is 436 g/mol. The molecule has 2 aliphatic rings. The van der Waals surface area contributed by atoms with Crippen LogP contribution in [0.25, 0.3) is 0 Å². The van der Waals surface area contributed by atoms with E-state index >= 15 is 0 Å². The van der Waals surface area contributed by atoms with Gasteiger partial charge in [0.15, 0.2) is 0 Å². The average Bonchev–Trinajstić information content (AvgIpc) is 2.76. The molecule has 0 amide bonds. The fraction of sp³-hybridized carbons (Fsp3) is 0.417. The number of ketones is 2. The van der Waals surface area contributed by atoms with Gasteiger partial charge in [-0.1, -0.05) is 31.9 Å². The molecule has 32 heavy (non-hydrogen) atoms. The minimum atomic E-state index is -0.716. The zero-order chi connectivity index (χ0) is 23.2. The molecule has 1 saturated carbocycles. The number of hydrogen-bond donors (Lipinski definition) is 0. The van der Waals surface area contributed by atoms with Crippen molar-refractivity contribution in [3.05, 3.63) is 77.9 Å². The quantitative estimate of drug-likeness (QED) is 0.376. The van der Waals surface area contributed by atoms with Crippen molar-refractivity contribution < 1.29 is 19.4 Å². The van der Waals surface area contributed by atoms with Crippen LogP contribution < -0.4 is 0 Å². The van der Waals surface area contributed by atoms with Crippen LogP contribution in [0, 0.1) is 33.1 Å². The Morgan fingerprint density at radius 1 is 0.844 bits per heavy atom. The molecule has 0 bridgehead atoms. The molecule has 0 heterocycles. The summed E-state index contributed by atoms with van der Waals surface area (Å²) in [5.41, 5.74) is -0.809. The van der Waals surface area contributed by atoms with E-state index in [1.807, 2.05) is 0 Å². The Balaban J connectivity index is 1.85. The Morgan fingerprint density at radius 2 is 1.38 bits per heavy atom. The van der Waals surface area contributed by atoms with Crippen LogP contribution >= 0.6 is 0 Å². The number of carbonyl (C=O) groups is 2. The Morgan fingerprint density at radius 3 is 1.91 bits per heavy atom. The van der Waals surface area contributed by atoms with Gasteiger partial charge in [-0.15, -0.1) is 0 Å². The normalized spacial score (nSPS) is 19.9. The molecule has 0 saturated heterocycles. The van der Waals surface area contributed by atoms with Crippen molar-refractivity contribution in [1.82, 2.24) is 0 Å². The van der Waals surface area contributed by atoms with Crippen LogP contribution in [0.4, 0.5) is 11.4 Å². The Hall–Kier alpha value is -3.42. The zero-order valence-electron chi connectivity index (χ0n) is 18.1. The first-order valence-electron chi connectivity index (χ1n) is 10.9. The van der Waals surface area contributed by atoms with Gasteiger partial charge in [0.25, 0.3) is 11.4 Å². The maximum atomic E-state index is 13.4. The minimum absolute atomic E-state index is 0.0505. The van der Waals surface area contributed by atoms with Gasteiger partial charge in [0.05, 0.1) is 9.85 Å². The van der Waals surface area contributed by atoms with E-state index in [2.05, 4.69) is 6.92 Å². The second-order valence-corrected chi connectivity index (χ2v) is 8.76. The maximum absolute atomic E-state index is 13.4. The van der Waals surface area contributed by atoms with Crippen molar-refractivity contribution in [1.29, 1.82) is 0 Å². The highest BCUT2D eigenvalue weighted by atomic mass is 16.6. The Bertz CT molecular complexity index is 1160. The van der Waals surface area contributed by atoms with Crippen molar-refractivity contribution in [3.63, 3.8) is 0 Å². The predicted molar refractivity (Wildman–Crippen MR) is 117 cm³/mol. The van der Waals surface area contributed by atoms with E-state index in [0.29, 0.717) is 11.5 Å². The van der Waals surface area contributed by atoms with E-state index in [1.165, 1.54) is 25.1 Å². The van der Waals surface area contributed by atoms with Crippen LogP contribution in [0.3, 0.4) is 0 Å². The maximum Gasteiger partial charge on any atom is 0.284 e. The molecule has 0 N–H and O–H groups in total. The van der Waals surface area contributed by atoms with E-state index in [9.17, 15) is 29.8 Å². The highest BCUT2D eigenvalue weighted by Gasteiger charge is 2.42. The van der Waals surface area contributed by atoms with E-state index in [1.54, 1.807) is 6.07 Å². The Kier molecular flexibility index (Phi) is 5.62. The molecule has 0 unspecified atom stereocenters. The van der Waals surface area contributed by atoms with E-state index in [4.69, 9.17) is 0 Å². The number of nitro groups is 2. The number of rotatable bonds is 5. The second-order valence-electron chi connectivity index (χ2n) is 8.76. The Labute approximate surface area is 184 Å². The van der Waals surface area contributed by atoms with Gasteiger partial charge in [-0.05, 0) is 56.6 Å². The van der Waals surface area contributed by atoms with Gasteiger partial charge in [-0.3, -0.25) is 29.8 Å². The largest absolute Gasteiger partial charge is 0.288 e. The molecule has 8 nitrogen and oxygen atoms in total. The highest BCUT2D eigenvalue weighted by molar-refractivity contribution is 6.31. The van der Waals surface area contributed by atoms with Crippen LogP contribution in [0.5, 0.6) is 0 Å². The van der Waals surface area contributed by atoms with Gasteiger partial charge >= 0.3 is 0 Å². The first-order chi connectivity index (χ1) is 15.3. The van der Waals surface area contributed by atoms with Crippen LogP contribution in [-0.2, 0) is 0 Å². The highest BCUT2D eigenvalue weighted by Crippen LogP contribution is 2.45. The molecule has 0 radical (unpaired) electrons. The van der Waals surface area contributed by atoms with E-state index in [-0.39, 0.29) is 39.4 Å². The molecule has 2 aromatic carbocycles. The number of fused-ring (bicyclic) bond motifs is 2. The summed E-state index contributed by atoms with van der Waals surface area (Å²) < 4.78 is 0. The molecule has 2 aromatic rings. The molecule has 0 spiro atoms. The molecule has 0 aromatic heterocycles. The standard InChI is InChI=1S/C24H24N2O6/c1-3-4-14-6-8-15(9-7-14)16-11-12-18-20(22(16)26(31)32)24(28)17-10-5-13(2)21(25(29)30)19(17)23(18)27/h5,10-12,14-15H,3-4,6-9H2,1-2H3. The lowest BCUT2D eigenvalue weighted by molar-refractivity contribution is -0.386. The minimum Gasteiger partial charge on any atom is -0.288 e.